The molecule has 0 bridgehead atoms. The molecule has 0 aliphatic rings. The highest BCUT2D eigenvalue weighted by molar-refractivity contribution is 5.76. The average Bonchev–Trinajstić information content (AvgIpc) is 2.60. The van der Waals surface area contributed by atoms with Crippen LogP contribution in [0.5, 0.6) is 17.2 Å². The quantitative estimate of drug-likeness (QED) is 0.619. The Bertz CT molecular complexity index is 844. The van der Waals surface area contributed by atoms with Crippen LogP contribution in [-0.4, -0.2) is 25.9 Å². The Morgan fingerprint density at radius 3 is 2.20 bits per heavy atom. The van der Waals surface area contributed by atoms with Crippen molar-refractivity contribution in [3.63, 3.8) is 0 Å². The summed E-state index contributed by atoms with van der Waals surface area (Å²) in [7, 11) is 8.25. The van der Waals surface area contributed by atoms with Crippen LogP contribution in [0.1, 0.15) is 17.0 Å². The lowest BCUT2D eigenvalue weighted by atomic mass is 10.1. The molecule has 0 spiro atoms. The summed E-state index contributed by atoms with van der Waals surface area (Å²) < 4.78 is 19.4. The molecule has 2 rings (SSSR count). The van der Waals surface area contributed by atoms with E-state index in [1.54, 1.807) is 50.6 Å². The highest BCUT2D eigenvalue weighted by atomic mass is 35.5. The number of hydrogen-bond acceptors (Lipinski definition) is 4. The fourth-order valence-corrected chi connectivity index (χ4v) is 2.49. The number of aromatic nitrogens is 2. The summed E-state index contributed by atoms with van der Waals surface area (Å²) in [5, 5.41) is 0. The van der Waals surface area contributed by atoms with Gasteiger partial charge in [0, 0.05) is 6.07 Å². The smallest absolute Gasteiger partial charge is 0.498 e. The van der Waals surface area contributed by atoms with Gasteiger partial charge in [0.1, 0.15) is 17.1 Å². The molecule has 0 unspecified atom stereocenters. The summed E-state index contributed by atoms with van der Waals surface area (Å²) in [5.41, 5.74) is 2.32. The van der Waals surface area contributed by atoms with Gasteiger partial charge < -0.3 is 26.6 Å². The first kappa shape index (κ1) is 20.6. The molecular formula is C18H23ClN2O4. The third-order valence-electron chi connectivity index (χ3n) is 4.03. The molecule has 0 N–H and O–H groups in total. The first-order valence-corrected chi connectivity index (χ1v) is 7.48. The summed E-state index contributed by atoms with van der Waals surface area (Å²) in [5.74, 6) is 1.85. The molecule has 0 amide bonds. The minimum absolute atomic E-state index is 0. The predicted octanol–water partition coefficient (Wildman–Crippen LogP) is -1.28. The SMILES string of the molecule is COc1ccc(OC)c(OC)c1C=Cc1cc(C)n(C)c(=O)[n+]1C.[Cl-]. The van der Waals surface area contributed by atoms with Gasteiger partial charge in [-0.2, -0.15) is 13.9 Å². The largest absolute Gasteiger partial charge is 1.00 e. The summed E-state index contributed by atoms with van der Waals surface area (Å²) in [6.07, 6.45) is 3.71. The van der Waals surface area contributed by atoms with Crippen molar-refractivity contribution >= 4 is 12.2 Å². The van der Waals surface area contributed by atoms with Gasteiger partial charge in [-0.25, -0.2) is 0 Å². The second-order valence-electron chi connectivity index (χ2n) is 5.36. The third-order valence-corrected chi connectivity index (χ3v) is 4.03. The topological polar surface area (TPSA) is 53.6 Å². The van der Waals surface area contributed by atoms with Gasteiger partial charge >= 0.3 is 5.69 Å². The van der Waals surface area contributed by atoms with Gasteiger partial charge in [0.2, 0.25) is 0 Å². The Kier molecular flexibility index (Phi) is 7.06. The van der Waals surface area contributed by atoms with Crippen LogP contribution in [0.15, 0.2) is 23.0 Å². The highest BCUT2D eigenvalue weighted by Crippen LogP contribution is 2.38. The van der Waals surface area contributed by atoms with E-state index in [1.807, 2.05) is 31.2 Å². The number of halogens is 1. The summed E-state index contributed by atoms with van der Waals surface area (Å²) in [4.78, 5) is 12.2. The van der Waals surface area contributed by atoms with E-state index in [2.05, 4.69) is 0 Å². The molecule has 7 heteroatoms. The zero-order valence-corrected chi connectivity index (χ0v) is 16.0. The number of hydrogen-bond donors (Lipinski definition) is 0. The predicted molar refractivity (Wildman–Crippen MR) is 92.6 cm³/mol. The number of rotatable bonds is 5. The molecule has 1 aromatic heterocycles. The molecule has 1 aromatic carbocycles. The molecule has 136 valence electrons. The van der Waals surface area contributed by atoms with Crippen molar-refractivity contribution in [3.05, 3.63) is 45.6 Å². The first-order valence-electron chi connectivity index (χ1n) is 7.48. The normalized spacial score (nSPS) is 10.5. The maximum atomic E-state index is 12.2. The minimum atomic E-state index is -0.0841. The molecule has 6 nitrogen and oxygen atoms in total. The number of benzene rings is 1. The maximum Gasteiger partial charge on any atom is 0.498 e. The molecule has 0 aliphatic carbocycles. The van der Waals surface area contributed by atoms with E-state index in [-0.39, 0.29) is 18.1 Å². The van der Waals surface area contributed by atoms with E-state index >= 15 is 0 Å². The molecule has 25 heavy (non-hydrogen) atoms. The van der Waals surface area contributed by atoms with E-state index in [9.17, 15) is 4.79 Å². The second kappa shape index (κ2) is 8.58. The van der Waals surface area contributed by atoms with Gasteiger partial charge in [0.25, 0.3) is 0 Å². The van der Waals surface area contributed by atoms with Crippen molar-refractivity contribution in [1.82, 2.24) is 4.57 Å². The van der Waals surface area contributed by atoms with Crippen LogP contribution >= 0.6 is 0 Å². The van der Waals surface area contributed by atoms with Crippen molar-refractivity contribution in [2.75, 3.05) is 21.3 Å². The molecule has 0 saturated heterocycles. The Morgan fingerprint density at radius 2 is 1.64 bits per heavy atom. The Labute approximate surface area is 153 Å². The highest BCUT2D eigenvalue weighted by Gasteiger charge is 2.15. The molecule has 0 fully saturated rings. The molecule has 2 aromatic rings. The molecule has 0 aliphatic heterocycles. The molecule has 1 heterocycles. The third kappa shape index (κ3) is 3.96. The molecule has 0 radical (unpaired) electrons. The van der Waals surface area contributed by atoms with Crippen LogP contribution in [-0.2, 0) is 14.1 Å². The number of nitrogens with zero attached hydrogens (tertiary/aromatic N) is 2. The van der Waals surface area contributed by atoms with Crippen molar-refractivity contribution < 1.29 is 31.2 Å². The van der Waals surface area contributed by atoms with Crippen LogP contribution in [0.4, 0.5) is 0 Å². The van der Waals surface area contributed by atoms with E-state index < -0.39 is 0 Å². The maximum absolute atomic E-state index is 12.2. The minimum Gasteiger partial charge on any atom is -1.00 e. The van der Waals surface area contributed by atoms with E-state index in [0.29, 0.717) is 17.2 Å². The summed E-state index contributed by atoms with van der Waals surface area (Å²) in [6.45, 7) is 1.89. The lowest BCUT2D eigenvalue weighted by Gasteiger charge is -2.13. The van der Waals surface area contributed by atoms with E-state index in [1.165, 1.54) is 0 Å². The van der Waals surface area contributed by atoms with Crippen LogP contribution < -0.4 is 36.9 Å². The Hall–Kier alpha value is -2.47. The zero-order valence-electron chi connectivity index (χ0n) is 15.3. The Balaban J connectivity index is 0.00000312. The molecule has 0 atom stereocenters. The van der Waals surface area contributed by atoms with Crippen LogP contribution in [0, 0.1) is 6.92 Å². The fourth-order valence-electron chi connectivity index (χ4n) is 2.49. The molecule has 0 saturated carbocycles. The summed E-state index contributed by atoms with van der Waals surface area (Å²) >= 11 is 0. The number of aryl methyl sites for hydroxylation is 1. The molecular weight excluding hydrogens is 344 g/mol. The first-order chi connectivity index (χ1) is 11.4. The van der Waals surface area contributed by atoms with Gasteiger partial charge in [-0.1, -0.05) is 0 Å². The standard InChI is InChI=1S/C18H23N2O4.ClH/c1-12-11-13(20(3)18(21)19(12)2)7-8-14-15(22-4)9-10-16(23-5)17(14)24-6;/h7-11H,1-6H3;1H/q+1;/p-1. The van der Waals surface area contributed by atoms with Crippen LogP contribution in [0.3, 0.4) is 0 Å². The lowest BCUT2D eigenvalue weighted by Crippen LogP contribution is -3.00. The summed E-state index contributed by atoms with van der Waals surface area (Å²) in [6, 6.07) is 5.55. The van der Waals surface area contributed by atoms with Crippen molar-refractivity contribution in [2.24, 2.45) is 14.1 Å². The van der Waals surface area contributed by atoms with Crippen molar-refractivity contribution in [2.45, 2.75) is 6.92 Å². The van der Waals surface area contributed by atoms with Crippen molar-refractivity contribution in [3.8, 4) is 17.2 Å². The van der Waals surface area contributed by atoms with E-state index in [0.717, 1.165) is 17.0 Å². The van der Waals surface area contributed by atoms with Gasteiger partial charge in [0.15, 0.2) is 11.5 Å². The van der Waals surface area contributed by atoms with Gasteiger partial charge in [-0.3, -0.25) is 0 Å². The van der Waals surface area contributed by atoms with Gasteiger partial charge in [-0.15, -0.1) is 0 Å². The number of methoxy groups -OCH3 is 3. The van der Waals surface area contributed by atoms with Crippen LogP contribution in [0.25, 0.3) is 12.2 Å². The fraction of sp³-hybridized carbons (Fsp3) is 0.333. The zero-order chi connectivity index (χ0) is 17.9. The Morgan fingerprint density at radius 1 is 1.04 bits per heavy atom. The number of ether oxygens (including phenoxy) is 3. The van der Waals surface area contributed by atoms with Gasteiger partial charge in [-0.05, 0) is 31.2 Å². The van der Waals surface area contributed by atoms with Crippen molar-refractivity contribution in [1.29, 1.82) is 0 Å². The lowest BCUT2D eigenvalue weighted by molar-refractivity contribution is -0.692. The van der Waals surface area contributed by atoms with E-state index in [4.69, 9.17) is 14.2 Å². The average molecular weight is 367 g/mol. The van der Waals surface area contributed by atoms with Gasteiger partial charge in [0.05, 0.1) is 41.0 Å². The second-order valence-corrected chi connectivity index (χ2v) is 5.36. The van der Waals surface area contributed by atoms with Crippen LogP contribution in [0.2, 0.25) is 0 Å². The monoisotopic (exact) mass is 366 g/mol.